The maximum Gasteiger partial charge on any atom is 0.128 e. The Morgan fingerprint density at radius 2 is 1.35 bits per heavy atom. The molecule has 156 valence electrons. The van der Waals surface area contributed by atoms with Crippen molar-refractivity contribution in [1.29, 1.82) is 10.5 Å². The first-order valence-corrected chi connectivity index (χ1v) is 10.3. The van der Waals surface area contributed by atoms with Crippen molar-refractivity contribution in [2.75, 3.05) is 7.11 Å². The molecule has 1 atom stereocenters. The van der Waals surface area contributed by atoms with Gasteiger partial charge in [0.25, 0.3) is 0 Å². The molecule has 0 aliphatic carbocycles. The SMILES string of the molecule is CCC(OC)c1ccc(C(C)(C)c2ccc(Oc3ccc(C#N)c(C#N)c3)cc2)cc1. The van der Waals surface area contributed by atoms with Crippen molar-refractivity contribution in [3.63, 3.8) is 0 Å². The van der Waals surface area contributed by atoms with E-state index < -0.39 is 0 Å². The summed E-state index contributed by atoms with van der Waals surface area (Å²) in [5.74, 6) is 1.20. The lowest BCUT2D eigenvalue weighted by Gasteiger charge is -2.27. The number of nitrogens with zero attached hydrogens (tertiary/aromatic N) is 2. The molecule has 1 unspecified atom stereocenters. The minimum absolute atomic E-state index is 0.123. The van der Waals surface area contributed by atoms with Gasteiger partial charge in [-0.2, -0.15) is 10.5 Å². The van der Waals surface area contributed by atoms with Gasteiger partial charge in [-0.3, -0.25) is 0 Å². The molecule has 0 N–H and O–H groups in total. The highest BCUT2D eigenvalue weighted by molar-refractivity contribution is 5.50. The Bertz CT molecular complexity index is 1110. The van der Waals surface area contributed by atoms with E-state index >= 15 is 0 Å². The molecule has 3 rings (SSSR count). The second-order valence-corrected chi connectivity index (χ2v) is 7.94. The lowest BCUT2D eigenvalue weighted by molar-refractivity contribution is 0.100. The maximum absolute atomic E-state index is 9.19. The molecule has 4 nitrogen and oxygen atoms in total. The van der Waals surface area contributed by atoms with E-state index in [1.165, 1.54) is 16.7 Å². The molecule has 0 heterocycles. The molecule has 0 aliphatic rings. The predicted octanol–water partition coefficient (Wildman–Crippen LogP) is 6.65. The van der Waals surface area contributed by atoms with Crippen molar-refractivity contribution in [3.8, 4) is 23.6 Å². The van der Waals surface area contributed by atoms with Crippen molar-refractivity contribution < 1.29 is 9.47 Å². The van der Waals surface area contributed by atoms with Crippen LogP contribution >= 0.6 is 0 Å². The van der Waals surface area contributed by atoms with Crippen LogP contribution in [0.15, 0.2) is 66.7 Å². The molecule has 4 heteroatoms. The van der Waals surface area contributed by atoms with E-state index in [9.17, 15) is 5.26 Å². The monoisotopic (exact) mass is 410 g/mol. The number of nitriles is 2. The molecule has 3 aromatic carbocycles. The highest BCUT2D eigenvalue weighted by atomic mass is 16.5. The second-order valence-electron chi connectivity index (χ2n) is 7.94. The summed E-state index contributed by atoms with van der Waals surface area (Å²) < 4.78 is 11.4. The molecule has 31 heavy (non-hydrogen) atoms. The van der Waals surface area contributed by atoms with E-state index in [0.717, 1.165) is 6.42 Å². The zero-order valence-corrected chi connectivity index (χ0v) is 18.3. The van der Waals surface area contributed by atoms with Crippen LogP contribution in [0.2, 0.25) is 0 Å². The van der Waals surface area contributed by atoms with Gasteiger partial charge in [-0.05, 0) is 53.4 Å². The molecular weight excluding hydrogens is 384 g/mol. The zero-order valence-electron chi connectivity index (χ0n) is 18.3. The third-order valence-electron chi connectivity index (χ3n) is 5.70. The van der Waals surface area contributed by atoms with Gasteiger partial charge >= 0.3 is 0 Å². The third-order valence-corrected chi connectivity index (χ3v) is 5.70. The van der Waals surface area contributed by atoms with E-state index in [0.29, 0.717) is 22.6 Å². The van der Waals surface area contributed by atoms with E-state index in [1.54, 1.807) is 25.3 Å². The smallest absolute Gasteiger partial charge is 0.128 e. The fourth-order valence-corrected chi connectivity index (χ4v) is 3.67. The first-order valence-electron chi connectivity index (χ1n) is 10.3. The Morgan fingerprint density at radius 1 is 0.806 bits per heavy atom. The average molecular weight is 411 g/mol. The van der Waals surface area contributed by atoms with E-state index in [-0.39, 0.29) is 11.5 Å². The van der Waals surface area contributed by atoms with Gasteiger partial charge in [-0.25, -0.2) is 0 Å². The summed E-state index contributed by atoms with van der Waals surface area (Å²) in [6.07, 6.45) is 1.06. The standard InChI is InChI=1S/C27H26N2O2/c1-5-26(30-4)19-6-9-22(10-7-19)27(2,3)23-11-14-24(15-12-23)31-25-13-8-20(17-28)21(16-25)18-29/h6-16,26H,5H2,1-4H3. The van der Waals surface area contributed by atoms with Crippen molar-refractivity contribution in [3.05, 3.63) is 94.5 Å². The van der Waals surface area contributed by atoms with E-state index in [1.807, 2.05) is 24.3 Å². The van der Waals surface area contributed by atoms with Crippen molar-refractivity contribution in [2.24, 2.45) is 0 Å². The molecule has 0 aliphatic heterocycles. The molecule has 0 radical (unpaired) electrons. The Labute approximate surface area is 184 Å². The van der Waals surface area contributed by atoms with Gasteiger partial charge in [0, 0.05) is 12.5 Å². The van der Waals surface area contributed by atoms with Crippen LogP contribution in [-0.2, 0) is 10.2 Å². The molecule has 0 saturated carbocycles. The van der Waals surface area contributed by atoms with Crippen molar-refractivity contribution >= 4 is 0 Å². The van der Waals surface area contributed by atoms with Gasteiger partial charge in [-0.1, -0.05) is 57.2 Å². The van der Waals surface area contributed by atoms with Crippen LogP contribution in [0.1, 0.15) is 61.1 Å². The molecule has 3 aromatic rings. The van der Waals surface area contributed by atoms with Crippen LogP contribution < -0.4 is 4.74 Å². The van der Waals surface area contributed by atoms with Gasteiger partial charge in [0.2, 0.25) is 0 Å². The fourth-order valence-electron chi connectivity index (χ4n) is 3.67. The second kappa shape index (κ2) is 9.47. The molecular formula is C27H26N2O2. The Morgan fingerprint density at radius 3 is 1.87 bits per heavy atom. The van der Waals surface area contributed by atoms with Crippen LogP contribution in [0.3, 0.4) is 0 Å². The van der Waals surface area contributed by atoms with Crippen LogP contribution in [0, 0.1) is 22.7 Å². The molecule has 0 bridgehead atoms. The molecule has 0 amide bonds. The Balaban J connectivity index is 1.79. The van der Waals surface area contributed by atoms with E-state index in [2.05, 4.69) is 57.2 Å². The highest BCUT2D eigenvalue weighted by Crippen LogP contribution is 2.34. The summed E-state index contributed by atoms with van der Waals surface area (Å²) in [7, 11) is 1.74. The summed E-state index contributed by atoms with van der Waals surface area (Å²) in [6.45, 7) is 6.52. The topological polar surface area (TPSA) is 66.0 Å². The van der Waals surface area contributed by atoms with Crippen LogP contribution in [-0.4, -0.2) is 7.11 Å². The average Bonchev–Trinajstić information content (AvgIpc) is 2.80. The summed E-state index contributed by atoms with van der Waals surface area (Å²) in [6, 6.07) is 25.5. The number of benzene rings is 3. The maximum atomic E-state index is 9.19. The summed E-state index contributed by atoms with van der Waals surface area (Å²) in [5.41, 5.74) is 4.06. The Hall–Kier alpha value is -3.60. The van der Waals surface area contributed by atoms with Gasteiger partial charge in [-0.15, -0.1) is 0 Å². The van der Waals surface area contributed by atoms with Gasteiger partial charge < -0.3 is 9.47 Å². The first kappa shape index (κ1) is 22.1. The number of hydrogen-bond donors (Lipinski definition) is 0. The van der Waals surface area contributed by atoms with Gasteiger partial charge in [0.05, 0.1) is 17.2 Å². The lowest BCUT2D eigenvalue weighted by Crippen LogP contribution is -2.18. The minimum atomic E-state index is -0.172. The lowest BCUT2D eigenvalue weighted by atomic mass is 9.78. The first-order chi connectivity index (χ1) is 14.9. The summed E-state index contributed by atoms with van der Waals surface area (Å²) in [4.78, 5) is 0. The Kier molecular flexibility index (Phi) is 6.75. The zero-order chi connectivity index (χ0) is 22.4. The number of ether oxygens (including phenoxy) is 2. The van der Waals surface area contributed by atoms with Gasteiger partial charge in [0.1, 0.15) is 23.6 Å². The van der Waals surface area contributed by atoms with Crippen LogP contribution in [0.5, 0.6) is 11.5 Å². The number of methoxy groups -OCH3 is 1. The van der Waals surface area contributed by atoms with Crippen molar-refractivity contribution in [1.82, 2.24) is 0 Å². The van der Waals surface area contributed by atoms with Gasteiger partial charge in [0.15, 0.2) is 0 Å². The molecule has 0 saturated heterocycles. The quantitative estimate of drug-likeness (QED) is 0.437. The van der Waals surface area contributed by atoms with Crippen LogP contribution in [0.25, 0.3) is 0 Å². The van der Waals surface area contributed by atoms with E-state index in [4.69, 9.17) is 14.7 Å². The minimum Gasteiger partial charge on any atom is -0.457 e. The molecule has 0 spiro atoms. The largest absolute Gasteiger partial charge is 0.457 e. The normalized spacial score (nSPS) is 11.9. The number of hydrogen-bond acceptors (Lipinski definition) is 4. The third kappa shape index (κ3) is 4.77. The predicted molar refractivity (Wildman–Crippen MR) is 121 cm³/mol. The fraction of sp³-hybridized carbons (Fsp3) is 0.259. The molecule has 0 aromatic heterocycles. The molecule has 0 fully saturated rings. The number of rotatable bonds is 7. The summed E-state index contributed by atoms with van der Waals surface area (Å²) >= 11 is 0. The highest BCUT2D eigenvalue weighted by Gasteiger charge is 2.23. The van der Waals surface area contributed by atoms with Crippen LogP contribution in [0.4, 0.5) is 0 Å². The summed E-state index contributed by atoms with van der Waals surface area (Å²) in [5, 5.41) is 18.2. The van der Waals surface area contributed by atoms with Crippen molar-refractivity contribution in [2.45, 2.75) is 38.7 Å².